The van der Waals surface area contributed by atoms with Crippen LogP contribution in [-0.4, -0.2) is 54.1 Å². The summed E-state index contributed by atoms with van der Waals surface area (Å²) in [4.78, 5) is 41.5. The molecular weight excluding hydrogens is 382 g/mol. The van der Waals surface area contributed by atoms with E-state index in [4.69, 9.17) is 4.74 Å². The normalized spacial score (nSPS) is 18.9. The van der Waals surface area contributed by atoms with Crippen LogP contribution in [0.5, 0.6) is 0 Å². The van der Waals surface area contributed by atoms with Crippen molar-refractivity contribution in [3.8, 4) is 0 Å². The number of likely N-dealkylation sites (tertiary alicyclic amines) is 1. The number of carbonyl (C=O) groups is 3. The molecule has 2 fully saturated rings. The summed E-state index contributed by atoms with van der Waals surface area (Å²) in [5.74, 6) is -0.898. The predicted molar refractivity (Wildman–Crippen MR) is 110 cm³/mol. The van der Waals surface area contributed by atoms with Gasteiger partial charge in [0.05, 0.1) is 6.54 Å². The molecule has 0 spiro atoms. The fourth-order valence-electron chi connectivity index (χ4n) is 4.11. The molecule has 0 aromatic heterocycles. The van der Waals surface area contributed by atoms with Gasteiger partial charge in [-0.1, -0.05) is 67.1 Å². The minimum atomic E-state index is -1.35. The highest BCUT2D eigenvalue weighted by molar-refractivity contribution is 6.09. The Morgan fingerprint density at radius 3 is 2.03 bits per heavy atom. The van der Waals surface area contributed by atoms with E-state index in [1.54, 1.807) is 24.3 Å². The monoisotopic (exact) mass is 407 g/mol. The van der Waals surface area contributed by atoms with Crippen LogP contribution in [-0.2, 0) is 19.9 Å². The molecule has 0 aliphatic carbocycles. The number of urea groups is 1. The van der Waals surface area contributed by atoms with Gasteiger partial charge in [-0.2, -0.15) is 0 Å². The number of benzene rings is 2. The molecule has 2 heterocycles. The third-order valence-corrected chi connectivity index (χ3v) is 5.68. The number of carbonyl (C=O) groups excluding carboxylic acids is 3. The van der Waals surface area contributed by atoms with Crippen molar-refractivity contribution in [1.82, 2.24) is 15.1 Å². The van der Waals surface area contributed by atoms with Crippen LogP contribution in [0.2, 0.25) is 0 Å². The molecule has 2 saturated heterocycles. The van der Waals surface area contributed by atoms with Gasteiger partial charge in [0.1, 0.15) is 0 Å². The Labute approximate surface area is 175 Å². The molecule has 2 aromatic rings. The first-order valence-corrected chi connectivity index (χ1v) is 10.2. The molecule has 0 unspecified atom stereocenters. The zero-order valence-corrected chi connectivity index (χ0v) is 16.8. The van der Waals surface area contributed by atoms with Gasteiger partial charge in [-0.05, 0) is 37.1 Å². The van der Waals surface area contributed by atoms with E-state index in [-0.39, 0.29) is 6.54 Å². The number of hydrogen-bond donors (Lipinski definition) is 1. The Kier molecular flexibility index (Phi) is 5.81. The van der Waals surface area contributed by atoms with Gasteiger partial charge in [0, 0.05) is 0 Å². The Balaban J connectivity index is 1.53. The van der Waals surface area contributed by atoms with Gasteiger partial charge >= 0.3 is 12.0 Å². The molecule has 4 rings (SSSR count). The van der Waals surface area contributed by atoms with Crippen molar-refractivity contribution in [2.75, 3.05) is 26.4 Å². The maximum atomic E-state index is 13.5. The first kappa shape index (κ1) is 20.1. The van der Waals surface area contributed by atoms with Crippen LogP contribution < -0.4 is 5.32 Å². The number of nitrogens with zero attached hydrogens (tertiary/aromatic N) is 2. The summed E-state index contributed by atoms with van der Waals surface area (Å²) >= 11 is 0. The fraction of sp³-hybridized carbons (Fsp3) is 0.348. The maximum absolute atomic E-state index is 13.5. The number of esters is 1. The molecule has 2 aliphatic rings. The van der Waals surface area contributed by atoms with E-state index < -0.39 is 30.2 Å². The van der Waals surface area contributed by atoms with Crippen LogP contribution in [0.1, 0.15) is 30.4 Å². The highest BCUT2D eigenvalue weighted by Gasteiger charge is 2.54. The Morgan fingerprint density at radius 1 is 0.900 bits per heavy atom. The Morgan fingerprint density at radius 2 is 1.47 bits per heavy atom. The molecule has 7 heteroatoms. The standard InChI is InChI=1S/C23H25N3O4/c27-20(16-25-14-8-3-9-15-25)30-17-26-21(28)23(24-22(26)29,18-10-4-1-5-11-18)19-12-6-2-7-13-19/h1-2,4-7,10-13H,3,8-9,14-17H2,(H,24,29). The van der Waals surface area contributed by atoms with Gasteiger partial charge in [0.25, 0.3) is 5.91 Å². The van der Waals surface area contributed by atoms with Crippen LogP contribution in [0.15, 0.2) is 60.7 Å². The fourth-order valence-corrected chi connectivity index (χ4v) is 4.11. The third-order valence-electron chi connectivity index (χ3n) is 5.68. The first-order valence-electron chi connectivity index (χ1n) is 10.2. The second-order valence-corrected chi connectivity index (χ2v) is 7.63. The van der Waals surface area contributed by atoms with Crippen LogP contribution in [0.3, 0.4) is 0 Å². The van der Waals surface area contributed by atoms with Crippen LogP contribution in [0.25, 0.3) is 0 Å². The second kappa shape index (κ2) is 8.67. The van der Waals surface area contributed by atoms with Gasteiger partial charge in [0.2, 0.25) is 0 Å². The highest BCUT2D eigenvalue weighted by atomic mass is 16.5. The molecule has 1 N–H and O–H groups in total. The van der Waals surface area contributed by atoms with Gasteiger partial charge in [0.15, 0.2) is 12.3 Å². The molecule has 2 aliphatic heterocycles. The number of piperidine rings is 1. The van der Waals surface area contributed by atoms with Crippen molar-refractivity contribution < 1.29 is 19.1 Å². The number of nitrogens with one attached hydrogen (secondary N) is 1. The third kappa shape index (κ3) is 3.80. The minimum absolute atomic E-state index is 0.173. The lowest BCUT2D eigenvalue weighted by molar-refractivity contribution is -0.151. The summed E-state index contributed by atoms with van der Waals surface area (Å²) in [6.45, 7) is 1.50. The summed E-state index contributed by atoms with van der Waals surface area (Å²) in [7, 11) is 0. The molecule has 7 nitrogen and oxygen atoms in total. The lowest BCUT2D eigenvalue weighted by Gasteiger charge is -2.28. The summed E-state index contributed by atoms with van der Waals surface area (Å²) in [5.41, 5.74) is -0.0489. The predicted octanol–water partition coefficient (Wildman–Crippen LogP) is 2.47. The lowest BCUT2D eigenvalue weighted by atomic mass is 9.83. The summed E-state index contributed by atoms with van der Waals surface area (Å²) in [6.07, 6.45) is 3.31. The van der Waals surface area contributed by atoms with E-state index in [2.05, 4.69) is 5.32 Å². The molecule has 2 aromatic carbocycles. The average Bonchev–Trinajstić information content (AvgIpc) is 3.05. The maximum Gasteiger partial charge on any atom is 0.328 e. The minimum Gasteiger partial charge on any atom is -0.443 e. The molecule has 30 heavy (non-hydrogen) atoms. The number of imide groups is 1. The molecule has 0 atom stereocenters. The summed E-state index contributed by atoms with van der Waals surface area (Å²) in [6, 6.07) is 17.6. The van der Waals surface area contributed by atoms with Gasteiger partial charge in [-0.15, -0.1) is 0 Å². The molecule has 0 radical (unpaired) electrons. The van der Waals surface area contributed by atoms with Crippen molar-refractivity contribution in [3.05, 3.63) is 71.8 Å². The Hall–Kier alpha value is -3.19. The molecule has 3 amide bonds. The number of hydrogen-bond acceptors (Lipinski definition) is 5. The van der Waals surface area contributed by atoms with E-state index in [0.29, 0.717) is 11.1 Å². The summed E-state index contributed by atoms with van der Waals surface area (Å²) in [5, 5.41) is 2.84. The van der Waals surface area contributed by atoms with Crippen molar-refractivity contribution >= 4 is 17.9 Å². The quantitative estimate of drug-likeness (QED) is 0.588. The molecule has 0 bridgehead atoms. The topological polar surface area (TPSA) is 79.0 Å². The van der Waals surface area contributed by atoms with Crippen molar-refractivity contribution in [2.45, 2.75) is 24.8 Å². The largest absolute Gasteiger partial charge is 0.443 e. The van der Waals surface area contributed by atoms with Gasteiger partial charge < -0.3 is 10.1 Å². The SMILES string of the molecule is O=C(CN1CCCCC1)OCN1C(=O)NC(c2ccccc2)(c2ccccc2)C1=O. The number of ether oxygens (including phenoxy) is 1. The van der Waals surface area contributed by atoms with Crippen molar-refractivity contribution in [2.24, 2.45) is 0 Å². The van der Waals surface area contributed by atoms with Crippen LogP contribution >= 0.6 is 0 Å². The second-order valence-electron chi connectivity index (χ2n) is 7.63. The van der Waals surface area contributed by atoms with Gasteiger partial charge in [-0.25, -0.2) is 9.69 Å². The number of amides is 3. The molecule has 0 saturated carbocycles. The van der Waals surface area contributed by atoms with Crippen LogP contribution in [0.4, 0.5) is 4.79 Å². The zero-order valence-electron chi connectivity index (χ0n) is 16.8. The Bertz CT molecular complexity index is 871. The highest BCUT2D eigenvalue weighted by Crippen LogP contribution is 2.35. The van der Waals surface area contributed by atoms with Crippen molar-refractivity contribution in [1.29, 1.82) is 0 Å². The molecule has 156 valence electrons. The smallest absolute Gasteiger partial charge is 0.328 e. The lowest BCUT2D eigenvalue weighted by Crippen LogP contribution is -2.45. The summed E-state index contributed by atoms with van der Waals surface area (Å²) < 4.78 is 5.30. The van der Waals surface area contributed by atoms with E-state index in [1.807, 2.05) is 41.3 Å². The van der Waals surface area contributed by atoms with E-state index in [1.165, 1.54) is 6.42 Å². The van der Waals surface area contributed by atoms with Crippen LogP contribution in [0, 0.1) is 0 Å². The first-order chi connectivity index (χ1) is 14.6. The van der Waals surface area contributed by atoms with E-state index in [9.17, 15) is 14.4 Å². The van der Waals surface area contributed by atoms with Gasteiger partial charge in [-0.3, -0.25) is 14.5 Å². The van der Waals surface area contributed by atoms with Crippen molar-refractivity contribution in [3.63, 3.8) is 0 Å². The number of rotatable bonds is 6. The molecular formula is C23H25N3O4. The van der Waals surface area contributed by atoms with E-state index >= 15 is 0 Å². The van der Waals surface area contributed by atoms with E-state index in [0.717, 1.165) is 30.8 Å². The average molecular weight is 407 g/mol. The zero-order chi connectivity index (χ0) is 21.0.